The van der Waals surface area contributed by atoms with Crippen LogP contribution in [0.2, 0.25) is 0 Å². The fourth-order valence-corrected chi connectivity index (χ4v) is 3.36. The Morgan fingerprint density at radius 2 is 2.18 bits per heavy atom. The minimum absolute atomic E-state index is 0.873. The second-order valence-corrected chi connectivity index (χ2v) is 6.52. The third-order valence-electron chi connectivity index (χ3n) is 3.24. The van der Waals surface area contributed by atoms with Crippen LogP contribution in [0.5, 0.6) is 0 Å². The molecule has 0 saturated carbocycles. The highest BCUT2D eigenvalue weighted by Crippen LogP contribution is 2.20. The molecule has 0 radical (unpaired) electrons. The lowest BCUT2D eigenvalue weighted by atomic mass is 10.3. The number of nitrogens with one attached hydrogen (secondary N) is 1. The summed E-state index contributed by atoms with van der Waals surface area (Å²) in [6.45, 7) is 9.58. The third kappa shape index (κ3) is 7.29. The molecule has 1 N–H and O–H groups in total. The van der Waals surface area contributed by atoms with Gasteiger partial charge in [0, 0.05) is 37.2 Å². The normalized spacial score (nSPS) is 22.2. The first-order valence-electron chi connectivity index (χ1n) is 6.91. The molecule has 1 aliphatic heterocycles. The monoisotopic (exact) mass is 259 g/mol. The molecule has 1 rings (SSSR count). The molecule has 0 aromatic carbocycles. The Labute approximate surface area is 111 Å². The summed E-state index contributed by atoms with van der Waals surface area (Å²) in [4.78, 5) is 4.86. The van der Waals surface area contributed by atoms with Crippen molar-refractivity contribution in [1.82, 2.24) is 15.1 Å². The average Bonchev–Trinajstić information content (AvgIpc) is 2.33. The van der Waals surface area contributed by atoms with E-state index in [4.69, 9.17) is 0 Å². The second-order valence-electron chi connectivity index (χ2n) is 5.11. The molecule has 0 spiro atoms. The van der Waals surface area contributed by atoms with Crippen LogP contribution in [-0.4, -0.2) is 74.2 Å². The number of thioether (sulfide) groups is 1. The van der Waals surface area contributed by atoms with Crippen molar-refractivity contribution >= 4 is 11.8 Å². The lowest BCUT2D eigenvalue weighted by molar-refractivity contribution is 0.279. The highest BCUT2D eigenvalue weighted by molar-refractivity contribution is 8.00. The SMILES string of the molecule is CCC1CN(CCNCCCN(C)C)CCS1. The van der Waals surface area contributed by atoms with Crippen molar-refractivity contribution in [3.8, 4) is 0 Å². The van der Waals surface area contributed by atoms with Crippen LogP contribution < -0.4 is 5.32 Å². The molecule has 1 atom stereocenters. The molecular weight excluding hydrogens is 230 g/mol. The molecule has 0 aromatic heterocycles. The highest BCUT2D eigenvalue weighted by Gasteiger charge is 2.17. The summed E-state index contributed by atoms with van der Waals surface area (Å²) in [5.74, 6) is 1.32. The van der Waals surface area contributed by atoms with Gasteiger partial charge in [-0.1, -0.05) is 6.92 Å². The molecule has 4 heteroatoms. The van der Waals surface area contributed by atoms with Crippen LogP contribution in [0.1, 0.15) is 19.8 Å². The number of rotatable bonds is 8. The average molecular weight is 259 g/mol. The van der Waals surface area contributed by atoms with Crippen LogP contribution in [0.3, 0.4) is 0 Å². The lowest BCUT2D eigenvalue weighted by Crippen LogP contribution is -2.41. The van der Waals surface area contributed by atoms with E-state index in [9.17, 15) is 0 Å². The van der Waals surface area contributed by atoms with Crippen LogP contribution in [0.15, 0.2) is 0 Å². The summed E-state index contributed by atoms with van der Waals surface area (Å²) in [5.41, 5.74) is 0. The van der Waals surface area contributed by atoms with Gasteiger partial charge in [-0.15, -0.1) is 0 Å². The van der Waals surface area contributed by atoms with Gasteiger partial charge in [-0.05, 0) is 40.0 Å². The second kappa shape index (κ2) is 9.20. The Kier molecular flexibility index (Phi) is 8.27. The Morgan fingerprint density at radius 3 is 2.88 bits per heavy atom. The largest absolute Gasteiger partial charge is 0.315 e. The van der Waals surface area contributed by atoms with E-state index in [1.165, 1.54) is 44.8 Å². The first-order chi connectivity index (χ1) is 8.22. The molecule has 102 valence electrons. The van der Waals surface area contributed by atoms with Crippen molar-refractivity contribution in [1.29, 1.82) is 0 Å². The number of hydrogen-bond acceptors (Lipinski definition) is 4. The van der Waals surface area contributed by atoms with Gasteiger partial charge in [-0.2, -0.15) is 11.8 Å². The Balaban J connectivity index is 1.95. The van der Waals surface area contributed by atoms with Gasteiger partial charge in [-0.3, -0.25) is 0 Å². The van der Waals surface area contributed by atoms with Gasteiger partial charge >= 0.3 is 0 Å². The molecular formula is C13H29N3S. The Morgan fingerprint density at radius 1 is 1.35 bits per heavy atom. The summed E-state index contributed by atoms with van der Waals surface area (Å²) >= 11 is 2.15. The standard InChI is InChI=1S/C13H29N3S/c1-4-13-12-16(10-11-17-13)9-7-14-6-5-8-15(2)3/h13-14H,4-12H2,1-3H3. The molecule has 1 aliphatic rings. The number of nitrogens with zero attached hydrogens (tertiary/aromatic N) is 2. The minimum atomic E-state index is 0.873. The Bertz CT molecular complexity index is 188. The molecule has 0 bridgehead atoms. The fraction of sp³-hybridized carbons (Fsp3) is 1.00. The van der Waals surface area contributed by atoms with Gasteiger partial charge in [0.2, 0.25) is 0 Å². The van der Waals surface area contributed by atoms with Crippen LogP contribution >= 0.6 is 11.8 Å². The molecule has 1 unspecified atom stereocenters. The van der Waals surface area contributed by atoms with Crippen LogP contribution in [0.25, 0.3) is 0 Å². The first-order valence-corrected chi connectivity index (χ1v) is 7.96. The van der Waals surface area contributed by atoms with Crippen molar-refractivity contribution in [2.45, 2.75) is 25.0 Å². The molecule has 0 amide bonds. The van der Waals surface area contributed by atoms with E-state index in [2.05, 4.69) is 47.9 Å². The van der Waals surface area contributed by atoms with Gasteiger partial charge < -0.3 is 15.1 Å². The van der Waals surface area contributed by atoms with Gasteiger partial charge in [0.1, 0.15) is 0 Å². The maximum absolute atomic E-state index is 3.55. The zero-order valence-electron chi connectivity index (χ0n) is 11.7. The van der Waals surface area contributed by atoms with E-state index in [0.29, 0.717) is 0 Å². The van der Waals surface area contributed by atoms with E-state index in [1.807, 2.05) is 0 Å². The lowest BCUT2D eigenvalue weighted by Gasteiger charge is -2.31. The van der Waals surface area contributed by atoms with Crippen LogP contribution in [-0.2, 0) is 0 Å². The van der Waals surface area contributed by atoms with E-state index >= 15 is 0 Å². The summed E-state index contributed by atoms with van der Waals surface area (Å²) < 4.78 is 0. The zero-order valence-corrected chi connectivity index (χ0v) is 12.6. The van der Waals surface area contributed by atoms with E-state index in [1.54, 1.807) is 0 Å². The van der Waals surface area contributed by atoms with E-state index in [-0.39, 0.29) is 0 Å². The first kappa shape index (κ1) is 15.3. The van der Waals surface area contributed by atoms with E-state index in [0.717, 1.165) is 18.3 Å². The van der Waals surface area contributed by atoms with Gasteiger partial charge in [0.25, 0.3) is 0 Å². The predicted molar refractivity (Wildman–Crippen MR) is 79.0 cm³/mol. The smallest absolute Gasteiger partial charge is 0.0172 e. The molecule has 17 heavy (non-hydrogen) atoms. The topological polar surface area (TPSA) is 18.5 Å². The van der Waals surface area contributed by atoms with Gasteiger partial charge in [-0.25, -0.2) is 0 Å². The Hall–Kier alpha value is 0.230. The summed E-state index contributed by atoms with van der Waals surface area (Å²) in [6.07, 6.45) is 2.57. The quantitative estimate of drug-likeness (QED) is 0.663. The maximum Gasteiger partial charge on any atom is 0.0172 e. The molecule has 1 fully saturated rings. The molecule has 1 saturated heterocycles. The van der Waals surface area contributed by atoms with Crippen molar-refractivity contribution in [3.63, 3.8) is 0 Å². The van der Waals surface area contributed by atoms with Crippen molar-refractivity contribution in [3.05, 3.63) is 0 Å². The fourth-order valence-electron chi connectivity index (χ4n) is 2.11. The summed E-state index contributed by atoms with van der Waals surface area (Å²) in [5, 5.41) is 4.42. The van der Waals surface area contributed by atoms with Crippen molar-refractivity contribution < 1.29 is 0 Å². The van der Waals surface area contributed by atoms with E-state index < -0.39 is 0 Å². The predicted octanol–water partition coefficient (Wildman–Crippen LogP) is 1.36. The number of hydrogen-bond donors (Lipinski definition) is 1. The highest BCUT2D eigenvalue weighted by atomic mass is 32.2. The molecule has 0 aliphatic carbocycles. The van der Waals surface area contributed by atoms with Gasteiger partial charge in [0.05, 0.1) is 0 Å². The van der Waals surface area contributed by atoms with Crippen molar-refractivity contribution in [2.75, 3.05) is 59.1 Å². The molecule has 3 nitrogen and oxygen atoms in total. The van der Waals surface area contributed by atoms with Crippen LogP contribution in [0.4, 0.5) is 0 Å². The minimum Gasteiger partial charge on any atom is -0.315 e. The van der Waals surface area contributed by atoms with Gasteiger partial charge in [0.15, 0.2) is 0 Å². The molecule has 1 heterocycles. The zero-order chi connectivity index (χ0) is 12.5. The summed E-state index contributed by atoms with van der Waals surface area (Å²) in [6, 6.07) is 0. The van der Waals surface area contributed by atoms with Crippen molar-refractivity contribution in [2.24, 2.45) is 0 Å². The molecule has 0 aromatic rings. The summed E-state index contributed by atoms with van der Waals surface area (Å²) in [7, 11) is 4.27. The maximum atomic E-state index is 3.55. The third-order valence-corrected chi connectivity index (χ3v) is 4.61. The van der Waals surface area contributed by atoms with Crippen LogP contribution in [0, 0.1) is 0 Å².